The fourth-order valence-electron chi connectivity index (χ4n) is 1.69. The summed E-state index contributed by atoms with van der Waals surface area (Å²) in [4.78, 5) is 23.7. The van der Waals surface area contributed by atoms with Gasteiger partial charge in [0, 0.05) is 6.54 Å². The maximum atomic E-state index is 11.7. The number of aliphatic hydroxyl groups excluding tert-OH is 1. The van der Waals surface area contributed by atoms with Gasteiger partial charge in [-0.05, 0) is 19.8 Å². The van der Waals surface area contributed by atoms with Crippen LogP contribution in [-0.2, 0) is 9.59 Å². The van der Waals surface area contributed by atoms with E-state index in [9.17, 15) is 9.59 Å². The summed E-state index contributed by atoms with van der Waals surface area (Å²) in [5.74, 6) is -1.51. The highest BCUT2D eigenvalue weighted by Crippen LogP contribution is 2.18. The first kappa shape index (κ1) is 11.9. The van der Waals surface area contributed by atoms with E-state index in [1.165, 1.54) is 11.8 Å². The van der Waals surface area contributed by atoms with E-state index in [-0.39, 0.29) is 0 Å². The summed E-state index contributed by atoms with van der Waals surface area (Å²) < 4.78 is 0. The summed E-state index contributed by atoms with van der Waals surface area (Å²) >= 11 is 0. The molecule has 0 aliphatic carbocycles. The van der Waals surface area contributed by atoms with Gasteiger partial charge in [0.1, 0.15) is 12.1 Å². The van der Waals surface area contributed by atoms with Crippen LogP contribution in [0.15, 0.2) is 0 Å². The van der Waals surface area contributed by atoms with Crippen LogP contribution in [0, 0.1) is 0 Å². The van der Waals surface area contributed by atoms with Crippen molar-refractivity contribution in [2.45, 2.75) is 38.0 Å². The molecule has 0 saturated carbocycles. The Kier molecular flexibility index (Phi) is 3.65. The Labute approximate surface area is 87.7 Å². The van der Waals surface area contributed by atoms with Crippen LogP contribution < -0.4 is 5.73 Å². The standard InChI is InChI=1S/C9H16N2O4/c1-5(12)7(10)8(13)11-4-2-3-6(11)9(14)15/h5-7,12H,2-4,10H2,1H3,(H,14,15). The third-order valence-corrected chi connectivity index (χ3v) is 2.63. The number of carboxylic acids is 1. The summed E-state index contributed by atoms with van der Waals surface area (Å²) in [6.45, 7) is 1.81. The molecule has 0 aromatic carbocycles. The molecule has 1 heterocycles. The van der Waals surface area contributed by atoms with E-state index in [2.05, 4.69) is 0 Å². The van der Waals surface area contributed by atoms with Gasteiger partial charge in [-0.2, -0.15) is 0 Å². The van der Waals surface area contributed by atoms with E-state index in [4.69, 9.17) is 15.9 Å². The molecule has 86 valence electrons. The Hall–Kier alpha value is -1.14. The Morgan fingerprint density at radius 3 is 2.60 bits per heavy atom. The summed E-state index contributed by atoms with van der Waals surface area (Å²) in [6.07, 6.45) is 0.149. The van der Waals surface area contributed by atoms with E-state index in [0.717, 1.165) is 0 Å². The first-order valence-electron chi connectivity index (χ1n) is 4.92. The number of aliphatic carboxylic acids is 1. The number of carbonyl (C=O) groups is 2. The van der Waals surface area contributed by atoms with E-state index in [1.807, 2.05) is 0 Å². The zero-order valence-corrected chi connectivity index (χ0v) is 8.59. The normalized spacial score (nSPS) is 25.0. The molecule has 3 unspecified atom stereocenters. The lowest BCUT2D eigenvalue weighted by molar-refractivity contribution is -0.149. The van der Waals surface area contributed by atoms with Crippen molar-refractivity contribution in [3.8, 4) is 0 Å². The summed E-state index contributed by atoms with van der Waals surface area (Å²) in [5, 5.41) is 18.0. The Morgan fingerprint density at radius 2 is 2.13 bits per heavy atom. The predicted octanol–water partition coefficient (Wildman–Crippen LogP) is -1.23. The Morgan fingerprint density at radius 1 is 1.53 bits per heavy atom. The minimum atomic E-state index is -1.04. The summed E-state index contributed by atoms with van der Waals surface area (Å²) in [6, 6.07) is -1.83. The minimum Gasteiger partial charge on any atom is -0.480 e. The number of hydrogen-bond donors (Lipinski definition) is 3. The fourth-order valence-corrected chi connectivity index (χ4v) is 1.69. The summed E-state index contributed by atoms with van der Waals surface area (Å²) in [7, 11) is 0. The molecule has 4 N–H and O–H groups in total. The van der Waals surface area contributed by atoms with Crippen LogP contribution in [0.2, 0.25) is 0 Å². The van der Waals surface area contributed by atoms with E-state index in [1.54, 1.807) is 0 Å². The predicted molar refractivity (Wildman–Crippen MR) is 52.0 cm³/mol. The molecule has 6 heteroatoms. The van der Waals surface area contributed by atoms with Crippen molar-refractivity contribution in [1.82, 2.24) is 4.90 Å². The zero-order chi connectivity index (χ0) is 11.6. The monoisotopic (exact) mass is 216 g/mol. The quantitative estimate of drug-likeness (QED) is 0.548. The third-order valence-electron chi connectivity index (χ3n) is 2.63. The van der Waals surface area contributed by atoms with Gasteiger partial charge in [0.2, 0.25) is 5.91 Å². The fraction of sp³-hybridized carbons (Fsp3) is 0.778. The highest BCUT2D eigenvalue weighted by molar-refractivity contribution is 5.87. The molecule has 0 radical (unpaired) electrons. The van der Waals surface area contributed by atoms with Crippen molar-refractivity contribution in [2.24, 2.45) is 5.73 Å². The van der Waals surface area contributed by atoms with Crippen LogP contribution in [-0.4, -0.2) is 51.7 Å². The molecule has 3 atom stereocenters. The molecule has 15 heavy (non-hydrogen) atoms. The van der Waals surface area contributed by atoms with Gasteiger partial charge in [0.15, 0.2) is 0 Å². The number of nitrogens with zero attached hydrogens (tertiary/aromatic N) is 1. The number of rotatable bonds is 3. The number of hydrogen-bond acceptors (Lipinski definition) is 4. The van der Waals surface area contributed by atoms with Crippen molar-refractivity contribution in [3.63, 3.8) is 0 Å². The SMILES string of the molecule is CC(O)C(N)C(=O)N1CCCC1C(=O)O. The highest BCUT2D eigenvalue weighted by Gasteiger charge is 2.37. The smallest absolute Gasteiger partial charge is 0.326 e. The molecule has 1 aliphatic rings. The van der Waals surface area contributed by atoms with Gasteiger partial charge in [-0.25, -0.2) is 4.79 Å². The van der Waals surface area contributed by atoms with Gasteiger partial charge in [-0.1, -0.05) is 0 Å². The Bertz CT molecular complexity index is 267. The first-order chi connectivity index (χ1) is 6.95. The molecule has 1 rings (SSSR count). The highest BCUT2D eigenvalue weighted by atomic mass is 16.4. The van der Waals surface area contributed by atoms with Gasteiger partial charge in [-0.3, -0.25) is 4.79 Å². The molecule has 6 nitrogen and oxygen atoms in total. The lowest BCUT2D eigenvalue weighted by Gasteiger charge is -2.25. The number of likely N-dealkylation sites (tertiary alicyclic amines) is 1. The molecule has 0 aromatic heterocycles. The van der Waals surface area contributed by atoms with Crippen molar-refractivity contribution in [3.05, 3.63) is 0 Å². The lowest BCUT2D eigenvalue weighted by atomic mass is 10.1. The number of aliphatic hydroxyl groups is 1. The lowest BCUT2D eigenvalue weighted by Crippen LogP contribution is -2.52. The topological polar surface area (TPSA) is 104 Å². The molecule has 0 spiro atoms. The van der Waals surface area contributed by atoms with Gasteiger partial charge in [0.05, 0.1) is 6.10 Å². The van der Waals surface area contributed by atoms with Gasteiger partial charge in [-0.15, -0.1) is 0 Å². The first-order valence-corrected chi connectivity index (χ1v) is 4.92. The molecule has 1 saturated heterocycles. The van der Waals surface area contributed by atoms with E-state index >= 15 is 0 Å². The Balaban J connectivity index is 2.70. The largest absolute Gasteiger partial charge is 0.480 e. The number of carbonyl (C=O) groups excluding carboxylic acids is 1. The van der Waals surface area contributed by atoms with Gasteiger partial charge < -0.3 is 20.8 Å². The van der Waals surface area contributed by atoms with Crippen LogP contribution in [0.1, 0.15) is 19.8 Å². The molecule has 1 fully saturated rings. The van der Waals surface area contributed by atoms with Gasteiger partial charge in [0.25, 0.3) is 0 Å². The molecule has 0 aromatic rings. The number of amides is 1. The average molecular weight is 216 g/mol. The average Bonchev–Trinajstić information content (AvgIpc) is 2.63. The number of nitrogens with two attached hydrogens (primary N) is 1. The van der Waals surface area contributed by atoms with Crippen LogP contribution in [0.25, 0.3) is 0 Å². The molecular weight excluding hydrogens is 200 g/mol. The number of carboxylic acid groups (broad SMARTS) is 1. The minimum absolute atomic E-state index is 0.399. The van der Waals surface area contributed by atoms with Crippen molar-refractivity contribution in [2.75, 3.05) is 6.54 Å². The van der Waals surface area contributed by atoms with Crippen LogP contribution in [0.4, 0.5) is 0 Å². The second kappa shape index (κ2) is 4.59. The summed E-state index contributed by atoms with van der Waals surface area (Å²) in [5.41, 5.74) is 5.47. The van der Waals surface area contributed by atoms with Crippen LogP contribution >= 0.6 is 0 Å². The second-order valence-electron chi connectivity index (χ2n) is 3.79. The van der Waals surface area contributed by atoms with Crippen LogP contribution in [0.5, 0.6) is 0 Å². The van der Waals surface area contributed by atoms with Crippen molar-refractivity contribution in [1.29, 1.82) is 0 Å². The van der Waals surface area contributed by atoms with Crippen molar-refractivity contribution < 1.29 is 19.8 Å². The van der Waals surface area contributed by atoms with Crippen LogP contribution in [0.3, 0.4) is 0 Å². The second-order valence-corrected chi connectivity index (χ2v) is 3.79. The maximum absolute atomic E-state index is 11.7. The van der Waals surface area contributed by atoms with Crippen molar-refractivity contribution >= 4 is 11.9 Å². The molecule has 0 bridgehead atoms. The molecular formula is C9H16N2O4. The molecule has 1 aliphatic heterocycles. The zero-order valence-electron chi connectivity index (χ0n) is 8.59. The maximum Gasteiger partial charge on any atom is 0.326 e. The van der Waals surface area contributed by atoms with Gasteiger partial charge >= 0.3 is 5.97 Å². The third kappa shape index (κ3) is 2.45. The van der Waals surface area contributed by atoms with E-state index < -0.39 is 30.1 Å². The molecule has 1 amide bonds. The van der Waals surface area contributed by atoms with E-state index in [0.29, 0.717) is 19.4 Å².